The molecular formula is C9H11NS. The van der Waals surface area contributed by atoms with Crippen LogP contribution in [0.2, 0.25) is 0 Å². The van der Waals surface area contributed by atoms with Crippen molar-refractivity contribution in [3.05, 3.63) is 34.8 Å². The second-order valence-electron chi connectivity index (χ2n) is 2.19. The number of hydrogen-bond donors (Lipinski definition) is 0. The van der Waals surface area contributed by atoms with Crippen molar-refractivity contribution >= 4 is 16.9 Å². The molecule has 58 valence electrons. The first-order valence-corrected chi connectivity index (χ1v) is 4.31. The highest BCUT2D eigenvalue weighted by Gasteiger charge is 1.99. The molecule has 0 spiro atoms. The van der Waals surface area contributed by atoms with Crippen LogP contribution in [0.15, 0.2) is 24.9 Å². The van der Waals surface area contributed by atoms with Crippen LogP contribution in [0.4, 0.5) is 0 Å². The Kier molecular flexibility index (Phi) is 2.60. The van der Waals surface area contributed by atoms with E-state index in [2.05, 4.69) is 11.6 Å². The van der Waals surface area contributed by atoms with Crippen LogP contribution in [-0.2, 0) is 0 Å². The van der Waals surface area contributed by atoms with E-state index in [1.165, 1.54) is 4.88 Å². The lowest BCUT2D eigenvalue weighted by Gasteiger charge is -1.91. The van der Waals surface area contributed by atoms with E-state index in [0.717, 1.165) is 10.6 Å². The van der Waals surface area contributed by atoms with E-state index in [9.17, 15) is 0 Å². The number of rotatable bonds is 2. The molecule has 0 saturated carbocycles. The molecule has 11 heavy (non-hydrogen) atoms. The zero-order valence-corrected chi connectivity index (χ0v) is 7.61. The quantitative estimate of drug-likeness (QED) is 0.614. The van der Waals surface area contributed by atoms with Gasteiger partial charge >= 0.3 is 0 Å². The summed E-state index contributed by atoms with van der Waals surface area (Å²) in [5.74, 6) is 0. The van der Waals surface area contributed by atoms with Crippen LogP contribution < -0.4 is 0 Å². The molecule has 0 N–H and O–H groups in total. The van der Waals surface area contributed by atoms with E-state index in [1.54, 1.807) is 11.3 Å². The minimum atomic E-state index is 1.10. The largest absolute Gasteiger partial charge is 0.249 e. The van der Waals surface area contributed by atoms with Gasteiger partial charge in [0.15, 0.2) is 0 Å². The number of aromatic nitrogens is 1. The molecule has 1 nitrogen and oxygen atoms in total. The van der Waals surface area contributed by atoms with Gasteiger partial charge in [0.2, 0.25) is 0 Å². The molecule has 0 fully saturated rings. The number of aryl methyl sites for hydroxylation is 1. The van der Waals surface area contributed by atoms with Gasteiger partial charge in [-0.1, -0.05) is 18.7 Å². The highest BCUT2D eigenvalue weighted by atomic mass is 32.1. The molecule has 0 atom stereocenters. The van der Waals surface area contributed by atoms with Crippen molar-refractivity contribution in [2.75, 3.05) is 0 Å². The van der Waals surface area contributed by atoms with E-state index in [1.807, 2.05) is 32.2 Å². The van der Waals surface area contributed by atoms with Crippen LogP contribution in [0.25, 0.3) is 5.57 Å². The first-order valence-electron chi connectivity index (χ1n) is 3.49. The third kappa shape index (κ3) is 1.77. The molecule has 0 bridgehead atoms. The summed E-state index contributed by atoms with van der Waals surface area (Å²) in [5.41, 5.74) is 1.16. The Labute approximate surface area is 71.1 Å². The zero-order chi connectivity index (χ0) is 8.27. The lowest BCUT2D eigenvalue weighted by Crippen LogP contribution is -1.70. The Bertz CT molecular complexity index is 284. The van der Waals surface area contributed by atoms with Crippen molar-refractivity contribution in [3.8, 4) is 0 Å². The topological polar surface area (TPSA) is 12.9 Å². The number of allylic oxidation sites excluding steroid dienone is 3. The summed E-state index contributed by atoms with van der Waals surface area (Å²) in [7, 11) is 0. The van der Waals surface area contributed by atoms with Crippen molar-refractivity contribution in [1.29, 1.82) is 0 Å². The minimum Gasteiger partial charge on any atom is -0.249 e. The van der Waals surface area contributed by atoms with E-state index in [4.69, 9.17) is 0 Å². The molecule has 0 aliphatic carbocycles. The molecule has 0 unspecified atom stereocenters. The maximum atomic E-state index is 4.16. The summed E-state index contributed by atoms with van der Waals surface area (Å²) in [6.45, 7) is 7.74. The standard InChI is InChI=1S/C9H11NS/c1-4-8(5-2)9-6-10-7(3)11-9/h4-6H,1H2,2-3H3/b8-5+. The van der Waals surface area contributed by atoms with Gasteiger partial charge in [0.1, 0.15) is 0 Å². The van der Waals surface area contributed by atoms with Crippen molar-refractivity contribution in [2.24, 2.45) is 0 Å². The second kappa shape index (κ2) is 3.49. The predicted octanol–water partition coefficient (Wildman–Crippen LogP) is 3.04. The van der Waals surface area contributed by atoms with Crippen molar-refractivity contribution < 1.29 is 0 Å². The molecule has 0 saturated heterocycles. The van der Waals surface area contributed by atoms with Crippen LogP contribution in [0.5, 0.6) is 0 Å². The highest BCUT2D eigenvalue weighted by Crippen LogP contribution is 2.21. The van der Waals surface area contributed by atoms with E-state index >= 15 is 0 Å². The molecule has 1 heterocycles. The zero-order valence-electron chi connectivity index (χ0n) is 6.79. The van der Waals surface area contributed by atoms with E-state index < -0.39 is 0 Å². The third-order valence-electron chi connectivity index (χ3n) is 1.44. The maximum Gasteiger partial charge on any atom is 0.0900 e. The number of hydrogen-bond acceptors (Lipinski definition) is 2. The van der Waals surface area contributed by atoms with Gasteiger partial charge in [-0.3, -0.25) is 0 Å². The van der Waals surface area contributed by atoms with Gasteiger partial charge in [-0.15, -0.1) is 11.3 Å². The van der Waals surface area contributed by atoms with Gasteiger partial charge in [-0.25, -0.2) is 4.98 Å². The predicted molar refractivity (Wildman–Crippen MR) is 50.7 cm³/mol. The Balaban J connectivity index is 3.00. The van der Waals surface area contributed by atoms with Crippen LogP contribution in [0.3, 0.4) is 0 Å². The Morgan fingerprint density at radius 1 is 1.73 bits per heavy atom. The summed E-state index contributed by atoms with van der Waals surface area (Å²) >= 11 is 1.69. The normalized spacial score (nSPS) is 11.6. The van der Waals surface area contributed by atoms with Crippen LogP contribution in [0, 0.1) is 6.92 Å². The Morgan fingerprint density at radius 2 is 2.45 bits per heavy atom. The van der Waals surface area contributed by atoms with Gasteiger partial charge in [0, 0.05) is 6.20 Å². The van der Waals surface area contributed by atoms with Crippen molar-refractivity contribution in [2.45, 2.75) is 13.8 Å². The third-order valence-corrected chi connectivity index (χ3v) is 2.40. The average molecular weight is 165 g/mol. The smallest absolute Gasteiger partial charge is 0.0900 e. The number of nitrogens with zero attached hydrogens (tertiary/aromatic N) is 1. The molecular weight excluding hydrogens is 154 g/mol. The van der Waals surface area contributed by atoms with Gasteiger partial charge < -0.3 is 0 Å². The van der Waals surface area contributed by atoms with Crippen LogP contribution in [0.1, 0.15) is 16.8 Å². The first kappa shape index (κ1) is 8.21. The van der Waals surface area contributed by atoms with Crippen molar-refractivity contribution in [1.82, 2.24) is 4.98 Å². The first-order chi connectivity index (χ1) is 5.27. The maximum absolute atomic E-state index is 4.16. The van der Waals surface area contributed by atoms with Gasteiger partial charge in [0.05, 0.1) is 9.88 Å². The molecule has 1 aromatic heterocycles. The fraction of sp³-hybridized carbons (Fsp3) is 0.222. The minimum absolute atomic E-state index is 1.10. The summed E-state index contributed by atoms with van der Waals surface area (Å²) in [6.07, 6.45) is 5.78. The molecule has 0 aromatic carbocycles. The Hall–Kier alpha value is -0.890. The lowest BCUT2D eigenvalue weighted by atomic mass is 10.2. The summed E-state index contributed by atoms with van der Waals surface area (Å²) in [4.78, 5) is 5.36. The monoisotopic (exact) mass is 165 g/mol. The van der Waals surface area contributed by atoms with Gasteiger partial charge in [-0.05, 0) is 19.4 Å². The van der Waals surface area contributed by atoms with E-state index in [-0.39, 0.29) is 0 Å². The molecule has 2 heteroatoms. The summed E-state index contributed by atoms with van der Waals surface area (Å²) in [6, 6.07) is 0. The SMILES string of the molecule is C=C/C(=C\C)c1cnc(C)s1. The molecule has 0 aliphatic rings. The lowest BCUT2D eigenvalue weighted by molar-refractivity contribution is 1.29. The van der Waals surface area contributed by atoms with Crippen LogP contribution in [-0.4, -0.2) is 4.98 Å². The molecule has 0 amide bonds. The summed E-state index contributed by atoms with van der Waals surface area (Å²) < 4.78 is 0. The summed E-state index contributed by atoms with van der Waals surface area (Å²) in [5, 5.41) is 1.10. The van der Waals surface area contributed by atoms with E-state index in [0.29, 0.717) is 0 Å². The molecule has 0 aliphatic heterocycles. The Morgan fingerprint density at radius 3 is 2.82 bits per heavy atom. The van der Waals surface area contributed by atoms with Crippen LogP contribution >= 0.6 is 11.3 Å². The molecule has 0 radical (unpaired) electrons. The van der Waals surface area contributed by atoms with Gasteiger partial charge in [-0.2, -0.15) is 0 Å². The van der Waals surface area contributed by atoms with Gasteiger partial charge in [0.25, 0.3) is 0 Å². The molecule has 1 rings (SSSR count). The number of thiazole rings is 1. The average Bonchev–Trinajstić information content (AvgIpc) is 2.39. The second-order valence-corrected chi connectivity index (χ2v) is 3.43. The van der Waals surface area contributed by atoms with Crippen molar-refractivity contribution in [3.63, 3.8) is 0 Å². The fourth-order valence-corrected chi connectivity index (χ4v) is 1.70. The fourth-order valence-electron chi connectivity index (χ4n) is 0.856. The highest BCUT2D eigenvalue weighted by molar-refractivity contribution is 7.12. The molecule has 1 aromatic rings.